The summed E-state index contributed by atoms with van der Waals surface area (Å²) in [6, 6.07) is 1.87. The molecule has 1 aliphatic rings. The van der Waals surface area contributed by atoms with E-state index in [1.54, 1.807) is 0 Å². The highest BCUT2D eigenvalue weighted by molar-refractivity contribution is 8.15. The average molecular weight is 356 g/mol. The first-order valence-corrected chi connectivity index (χ1v) is 7.12. The molecule has 0 unspecified atom stereocenters. The minimum Gasteiger partial charge on any atom is -0.303 e. The Morgan fingerprint density at radius 3 is 2.62 bits per heavy atom. The topological polar surface area (TPSA) is 53.8 Å². The zero-order chi connectivity index (χ0) is 15.6. The quantitative estimate of drug-likeness (QED) is 0.651. The van der Waals surface area contributed by atoms with E-state index in [0.29, 0.717) is 0 Å². The predicted octanol–water partition coefficient (Wildman–Crippen LogP) is 3.57. The third-order valence-electron chi connectivity index (χ3n) is 2.35. The smallest absolute Gasteiger partial charge is 0.303 e. The molecule has 1 amide bonds. The average Bonchev–Trinajstić information content (AvgIpc) is 2.77. The van der Waals surface area contributed by atoms with Gasteiger partial charge in [0, 0.05) is 5.56 Å². The van der Waals surface area contributed by atoms with Crippen molar-refractivity contribution in [1.29, 1.82) is 0 Å². The molecule has 2 rings (SSSR count). The molecule has 1 aromatic rings. The van der Waals surface area contributed by atoms with E-state index in [9.17, 15) is 18.0 Å². The predicted molar refractivity (Wildman–Crippen MR) is 77.1 cm³/mol. The summed E-state index contributed by atoms with van der Waals surface area (Å²) in [6.45, 7) is 0. The number of carbonyl (C=O) groups excluding carboxylic acids is 1. The molecule has 1 heterocycles. The van der Waals surface area contributed by atoms with Crippen LogP contribution in [-0.2, 0) is 11.0 Å². The van der Waals surface area contributed by atoms with E-state index in [0.717, 1.165) is 30.1 Å². The van der Waals surface area contributed by atoms with Crippen LogP contribution in [0, 0.1) is 0 Å². The van der Waals surface area contributed by atoms with Crippen LogP contribution < -0.4 is 5.32 Å². The van der Waals surface area contributed by atoms with Crippen molar-refractivity contribution < 1.29 is 18.0 Å². The molecule has 10 heteroatoms. The van der Waals surface area contributed by atoms with Crippen molar-refractivity contribution in [3.05, 3.63) is 33.3 Å². The van der Waals surface area contributed by atoms with E-state index in [1.165, 1.54) is 0 Å². The molecule has 0 radical (unpaired) electrons. The summed E-state index contributed by atoms with van der Waals surface area (Å²) in [6.07, 6.45) is -3.58. The highest BCUT2D eigenvalue weighted by atomic mass is 35.5. The Hall–Kier alpha value is -1.25. The molecule has 0 aliphatic carbocycles. The Morgan fingerprint density at radius 2 is 2.05 bits per heavy atom. The summed E-state index contributed by atoms with van der Waals surface area (Å²) in [5.41, 5.74) is -1.10. The minimum atomic E-state index is -4.59. The van der Waals surface area contributed by atoms with Crippen molar-refractivity contribution in [2.45, 2.75) is 6.18 Å². The lowest BCUT2D eigenvalue weighted by molar-refractivity contribution is -0.137. The lowest BCUT2D eigenvalue weighted by atomic mass is 10.1. The number of halogens is 5. The van der Waals surface area contributed by atoms with E-state index in [4.69, 9.17) is 23.2 Å². The number of rotatable bonds is 2. The van der Waals surface area contributed by atoms with Gasteiger partial charge in [-0.3, -0.25) is 4.79 Å². The molecule has 1 aliphatic heterocycles. The van der Waals surface area contributed by atoms with Crippen LogP contribution in [0.2, 0.25) is 10.0 Å². The van der Waals surface area contributed by atoms with E-state index < -0.39 is 16.8 Å². The lowest BCUT2D eigenvalue weighted by Gasteiger charge is -2.11. The number of carbonyl (C=O) groups is 1. The SMILES string of the molecule is O=C1CSC(=NN=Cc2c(Cl)ccc(C(F)(F)F)c2Cl)N1. The van der Waals surface area contributed by atoms with Gasteiger partial charge in [-0.1, -0.05) is 35.0 Å². The molecule has 0 saturated carbocycles. The molecule has 4 nitrogen and oxygen atoms in total. The van der Waals surface area contributed by atoms with E-state index in [1.807, 2.05) is 0 Å². The van der Waals surface area contributed by atoms with Crippen molar-refractivity contribution in [1.82, 2.24) is 5.32 Å². The molecule has 1 fully saturated rings. The molecule has 112 valence electrons. The normalized spacial score (nSPS) is 17.8. The Morgan fingerprint density at radius 1 is 1.33 bits per heavy atom. The monoisotopic (exact) mass is 355 g/mol. The second-order valence-corrected chi connectivity index (χ2v) is 5.56. The molecule has 1 aromatic carbocycles. The van der Waals surface area contributed by atoms with E-state index in [2.05, 4.69) is 15.5 Å². The Kier molecular flexibility index (Phi) is 4.80. The van der Waals surface area contributed by atoms with Crippen LogP contribution in [0.4, 0.5) is 13.2 Å². The van der Waals surface area contributed by atoms with Crippen LogP contribution >= 0.6 is 35.0 Å². The second-order valence-electron chi connectivity index (χ2n) is 3.81. The minimum absolute atomic E-state index is 0.0139. The number of amides is 1. The number of hydrogen-bond donors (Lipinski definition) is 1. The molecule has 21 heavy (non-hydrogen) atoms. The van der Waals surface area contributed by atoms with Gasteiger partial charge >= 0.3 is 6.18 Å². The lowest BCUT2D eigenvalue weighted by Crippen LogP contribution is -2.19. The Balaban J connectivity index is 2.29. The number of benzene rings is 1. The zero-order valence-electron chi connectivity index (χ0n) is 10.0. The molecule has 0 atom stereocenters. The third-order valence-corrected chi connectivity index (χ3v) is 3.95. The number of amidine groups is 1. The standard InChI is InChI=1S/C11H6Cl2F3N3OS/c12-7-2-1-6(11(14,15)16)9(13)5(7)3-17-19-10-18-8(20)4-21-10/h1-3H,4H2,(H,18,19,20). The highest BCUT2D eigenvalue weighted by Gasteiger charge is 2.34. The van der Waals surface area contributed by atoms with Gasteiger partial charge in [0.2, 0.25) is 5.91 Å². The number of hydrogen-bond acceptors (Lipinski definition) is 4. The largest absolute Gasteiger partial charge is 0.417 e. The molecular formula is C11H6Cl2F3N3OS. The van der Waals surface area contributed by atoms with Crippen molar-refractivity contribution in [2.75, 3.05) is 5.75 Å². The summed E-state index contributed by atoms with van der Waals surface area (Å²) < 4.78 is 38.2. The van der Waals surface area contributed by atoms with Gasteiger partial charge in [0.05, 0.1) is 27.6 Å². The maximum absolute atomic E-state index is 12.7. The summed E-state index contributed by atoms with van der Waals surface area (Å²) in [4.78, 5) is 10.9. The fraction of sp³-hybridized carbons (Fsp3) is 0.182. The second kappa shape index (κ2) is 6.25. The fourth-order valence-corrected chi connectivity index (χ4v) is 2.63. The van der Waals surface area contributed by atoms with Crippen molar-refractivity contribution in [3.63, 3.8) is 0 Å². The molecule has 0 aromatic heterocycles. The van der Waals surface area contributed by atoms with Crippen LogP contribution in [0.25, 0.3) is 0 Å². The molecule has 1 N–H and O–H groups in total. The van der Waals surface area contributed by atoms with Crippen LogP contribution in [0.1, 0.15) is 11.1 Å². The van der Waals surface area contributed by atoms with Crippen molar-refractivity contribution >= 4 is 52.3 Å². The van der Waals surface area contributed by atoms with E-state index >= 15 is 0 Å². The van der Waals surface area contributed by atoms with Crippen LogP contribution in [0.3, 0.4) is 0 Å². The molecular weight excluding hydrogens is 350 g/mol. The number of alkyl halides is 3. The fourth-order valence-electron chi connectivity index (χ4n) is 1.42. The number of thioether (sulfide) groups is 1. The Labute approximate surface area is 131 Å². The Bertz CT molecular complexity index is 646. The summed E-state index contributed by atoms with van der Waals surface area (Å²) in [5, 5.41) is 9.39. The number of nitrogens with zero attached hydrogens (tertiary/aromatic N) is 2. The summed E-state index contributed by atoms with van der Waals surface area (Å²) >= 11 is 12.6. The highest BCUT2D eigenvalue weighted by Crippen LogP contribution is 2.38. The van der Waals surface area contributed by atoms with Crippen LogP contribution in [-0.4, -0.2) is 23.0 Å². The maximum atomic E-state index is 12.7. The van der Waals surface area contributed by atoms with Crippen molar-refractivity contribution in [3.8, 4) is 0 Å². The van der Waals surface area contributed by atoms with Gasteiger partial charge in [-0.25, -0.2) is 0 Å². The first-order valence-electron chi connectivity index (χ1n) is 5.38. The van der Waals surface area contributed by atoms with E-state index in [-0.39, 0.29) is 27.4 Å². The molecule has 1 saturated heterocycles. The van der Waals surface area contributed by atoms with Gasteiger partial charge in [-0.05, 0) is 12.1 Å². The van der Waals surface area contributed by atoms with Crippen molar-refractivity contribution in [2.24, 2.45) is 10.2 Å². The number of nitrogens with one attached hydrogen (secondary N) is 1. The zero-order valence-corrected chi connectivity index (χ0v) is 12.4. The van der Waals surface area contributed by atoms with Gasteiger partial charge in [-0.2, -0.15) is 18.3 Å². The van der Waals surface area contributed by atoms with Gasteiger partial charge in [0.25, 0.3) is 0 Å². The first kappa shape index (κ1) is 16.1. The maximum Gasteiger partial charge on any atom is 0.417 e. The molecule has 0 bridgehead atoms. The van der Waals surface area contributed by atoms with Gasteiger partial charge in [-0.15, -0.1) is 5.10 Å². The first-order chi connectivity index (χ1) is 9.79. The van der Waals surface area contributed by atoms with Crippen LogP contribution in [0.5, 0.6) is 0 Å². The van der Waals surface area contributed by atoms with Gasteiger partial charge < -0.3 is 5.32 Å². The summed E-state index contributed by atoms with van der Waals surface area (Å²) in [5.74, 6) is 0.00321. The van der Waals surface area contributed by atoms with Gasteiger partial charge in [0.1, 0.15) is 0 Å². The summed E-state index contributed by atoms with van der Waals surface area (Å²) in [7, 11) is 0. The van der Waals surface area contributed by atoms with Crippen LogP contribution in [0.15, 0.2) is 22.3 Å². The third kappa shape index (κ3) is 3.90. The molecule has 0 spiro atoms. The van der Waals surface area contributed by atoms with Gasteiger partial charge in [0.15, 0.2) is 5.17 Å².